The maximum absolute atomic E-state index is 11.9. The summed E-state index contributed by atoms with van der Waals surface area (Å²) in [5.74, 6) is 0.960. The normalized spacial score (nSPS) is 20.7. The molecule has 2 atom stereocenters. The zero-order valence-electron chi connectivity index (χ0n) is 11.4. The Morgan fingerprint density at radius 3 is 2.70 bits per heavy atom. The van der Waals surface area contributed by atoms with E-state index in [9.17, 15) is 4.79 Å². The van der Waals surface area contributed by atoms with Gasteiger partial charge in [-0.05, 0) is 37.1 Å². The maximum atomic E-state index is 11.9. The molecule has 114 valence electrons. The Bertz CT molecular complexity index is 417. The summed E-state index contributed by atoms with van der Waals surface area (Å²) in [4.78, 5) is 17.1. The molecule has 1 aliphatic carbocycles. The van der Waals surface area contributed by atoms with Crippen LogP contribution >= 0.6 is 36.6 Å². The standard InChI is InChI=1S/C13H19N3OS.2ClH/c1-18-10-5-6-12(15-8-10)16-13(17)7-9-3-2-4-11(9)14;;/h5-6,8-9,11H,2-4,7,14H2,1H3,(H,15,16,17);2*1H/t9-,11+;;/m0../s1. The van der Waals surface area contributed by atoms with E-state index < -0.39 is 0 Å². The molecule has 1 heterocycles. The number of anilines is 1. The molecule has 3 N–H and O–H groups in total. The number of aromatic nitrogens is 1. The monoisotopic (exact) mass is 337 g/mol. The van der Waals surface area contributed by atoms with Gasteiger partial charge in [0, 0.05) is 23.6 Å². The van der Waals surface area contributed by atoms with Crippen molar-refractivity contribution in [3.05, 3.63) is 18.3 Å². The van der Waals surface area contributed by atoms with Crippen LogP contribution in [-0.4, -0.2) is 23.2 Å². The zero-order chi connectivity index (χ0) is 13.0. The summed E-state index contributed by atoms with van der Waals surface area (Å²) >= 11 is 1.63. The van der Waals surface area contributed by atoms with E-state index in [1.807, 2.05) is 18.4 Å². The molecule has 2 rings (SSSR count). The molecule has 0 aliphatic heterocycles. The van der Waals surface area contributed by atoms with Gasteiger partial charge in [0.25, 0.3) is 0 Å². The van der Waals surface area contributed by atoms with Gasteiger partial charge in [0.05, 0.1) is 0 Å². The van der Waals surface area contributed by atoms with Crippen molar-refractivity contribution >= 4 is 48.3 Å². The predicted octanol–water partition coefficient (Wildman–Crippen LogP) is 3.10. The second-order valence-corrected chi connectivity index (χ2v) is 5.57. The fraction of sp³-hybridized carbons (Fsp3) is 0.538. The largest absolute Gasteiger partial charge is 0.327 e. The van der Waals surface area contributed by atoms with E-state index in [1.54, 1.807) is 18.0 Å². The van der Waals surface area contributed by atoms with Gasteiger partial charge in [-0.2, -0.15) is 0 Å². The molecule has 7 heteroatoms. The van der Waals surface area contributed by atoms with Crippen molar-refractivity contribution in [2.45, 2.75) is 36.6 Å². The summed E-state index contributed by atoms with van der Waals surface area (Å²) in [5, 5.41) is 2.83. The lowest BCUT2D eigenvalue weighted by atomic mass is 10.00. The van der Waals surface area contributed by atoms with Gasteiger partial charge < -0.3 is 11.1 Å². The van der Waals surface area contributed by atoms with Crippen LogP contribution in [0.25, 0.3) is 0 Å². The molecule has 1 fully saturated rings. The van der Waals surface area contributed by atoms with Crippen LogP contribution in [0.3, 0.4) is 0 Å². The minimum Gasteiger partial charge on any atom is -0.327 e. The van der Waals surface area contributed by atoms with Gasteiger partial charge in [-0.1, -0.05) is 6.42 Å². The third-order valence-corrected chi connectivity index (χ3v) is 4.12. The number of rotatable bonds is 4. The predicted molar refractivity (Wildman–Crippen MR) is 89.1 cm³/mol. The smallest absolute Gasteiger partial charge is 0.225 e. The van der Waals surface area contributed by atoms with Crippen LogP contribution in [0.2, 0.25) is 0 Å². The average molecular weight is 338 g/mol. The van der Waals surface area contributed by atoms with Gasteiger partial charge in [-0.15, -0.1) is 36.6 Å². The molecule has 1 aromatic rings. The molecule has 0 aromatic carbocycles. The number of amides is 1. The van der Waals surface area contributed by atoms with Crippen LogP contribution in [0.4, 0.5) is 5.82 Å². The first-order valence-corrected chi connectivity index (χ1v) is 7.47. The Labute approximate surface area is 136 Å². The van der Waals surface area contributed by atoms with Crippen molar-refractivity contribution in [1.29, 1.82) is 0 Å². The number of nitrogens with two attached hydrogens (primary N) is 1. The van der Waals surface area contributed by atoms with Gasteiger partial charge in [0.2, 0.25) is 5.91 Å². The van der Waals surface area contributed by atoms with Crippen LogP contribution in [0, 0.1) is 5.92 Å². The van der Waals surface area contributed by atoms with E-state index in [4.69, 9.17) is 5.73 Å². The number of carbonyl (C=O) groups is 1. The van der Waals surface area contributed by atoms with Crippen molar-refractivity contribution in [2.75, 3.05) is 11.6 Å². The van der Waals surface area contributed by atoms with Crippen molar-refractivity contribution in [3.8, 4) is 0 Å². The number of nitrogens with zero attached hydrogens (tertiary/aromatic N) is 1. The van der Waals surface area contributed by atoms with Gasteiger partial charge in [-0.3, -0.25) is 4.79 Å². The quantitative estimate of drug-likeness (QED) is 0.828. The lowest BCUT2D eigenvalue weighted by molar-refractivity contribution is -0.117. The zero-order valence-corrected chi connectivity index (χ0v) is 13.8. The van der Waals surface area contributed by atoms with Crippen molar-refractivity contribution in [3.63, 3.8) is 0 Å². The molecule has 4 nitrogen and oxygen atoms in total. The average Bonchev–Trinajstić information content (AvgIpc) is 2.76. The second-order valence-electron chi connectivity index (χ2n) is 4.69. The van der Waals surface area contributed by atoms with Crippen LogP contribution in [0.1, 0.15) is 25.7 Å². The van der Waals surface area contributed by atoms with Gasteiger partial charge in [0.1, 0.15) is 5.82 Å². The SMILES string of the molecule is CSc1ccc(NC(=O)C[C@@H]2CCC[C@H]2N)nc1.Cl.Cl. The molecule has 0 bridgehead atoms. The summed E-state index contributed by atoms with van der Waals surface area (Å²) in [7, 11) is 0. The molecule has 1 amide bonds. The van der Waals surface area contributed by atoms with Crippen LogP contribution in [0.15, 0.2) is 23.2 Å². The van der Waals surface area contributed by atoms with Crippen LogP contribution < -0.4 is 11.1 Å². The Kier molecular flexibility index (Phi) is 9.22. The summed E-state index contributed by atoms with van der Waals surface area (Å²) in [5.41, 5.74) is 5.96. The van der Waals surface area contributed by atoms with Crippen molar-refractivity contribution in [2.24, 2.45) is 11.7 Å². The molecular formula is C13H21Cl2N3OS. The van der Waals surface area contributed by atoms with Crippen LogP contribution in [-0.2, 0) is 4.79 Å². The number of hydrogen-bond donors (Lipinski definition) is 2. The third-order valence-electron chi connectivity index (χ3n) is 3.40. The number of nitrogens with one attached hydrogen (secondary N) is 1. The lowest BCUT2D eigenvalue weighted by Crippen LogP contribution is -2.28. The number of carbonyl (C=O) groups excluding carboxylic acids is 1. The van der Waals surface area contributed by atoms with E-state index in [2.05, 4.69) is 10.3 Å². The van der Waals surface area contributed by atoms with Gasteiger partial charge in [0.15, 0.2) is 0 Å². The maximum Gasteiger partial charge on any atom is 0.225 e. The molecule has 1 aromatic heterocycles. The van der Waals surface area contributed by atoms with Crippen molar-refractivity contribution < 1.29 is 4.79 Å². The molecule has 1 aliphatic rings. The van der Waals surface area contributed by atoms with E-state index in [1.165, 1.54) is 0 Å². The first-order valence-electron chi connectivity index (χ1n) is 6.24. The molecule has 0 radical (unpaired) electrons. The Balaban J connectivity index is 0.00000180. The van der Waals surface area contributed by atoms with E-state index in [0.717, 1.165) is 24.2 Å². The molecule has 20 heavy (non-hydrogen) atoms. The fourth-order valence-electron chi connectivity index (χ4n) is 2.33. The van der Waals surface area contributed by atoms with E-state index in [0.29, 0.717) is 18.2 Å². The molecule has 0 unspecified atom stereocenters. The summed E-state index contributed by atoms with van der Waals surface area (Å²) in [6.07, 6.45) is 7.51. The molecule has 1 saturated carbocycles. The Morgan fingerprint density at radius 2 is 2.20 bits per heavy atom. The lowest BCUT2D eigenvalue weighted by Gasteiger charge is -2.14. The first-order chi connectivity index (χ1) is 8.69. The van der Waals surface area contributed by atoms with Crippen LogP contribution in [0.5, 0.6) is 0 Å². The minimum atomic E-state index is 0. The van der Waals surface area contributed by atoms with Gasteiger partial charge in [-0.25, -0.2) is 4.98 Å². The number of hydrogen-bond acceptors (Lipinski definition) is 4. The highest BCUT2D eigenvalue weighted by Crippen LogP contribution is 2.27. The van der Waals surface area contributed by atoms with E-state index in [-0.39, 0.29) is 36.8 Å². The molecule has 0 saturated heterocycles. The first kappa shape index (κ1) is 19.5. The fourth-order valence-corrected chi connectivity index (χ4v) is 2.69. The molecule has 0 spiro atoms. The Hall–Kier alpha value is -0.490. The summed E-state index contributed by atoms with van der Waals surface area (Å²) < 4.78 is 0. The number of pyridine rings is 1. The number of thioether (sulfide) groups is 1. The summed E-state index contributed by atoms with van der Waals surface area (Å²) in [6.45, 7) is 0. The topological polar surface area (TPSA) is 68.0 Å². The van der Waals surface area contributed by atoms with Crippen molar-refractivity contribution in [1.82, 2.24) is 4.98 Å². The Morgan fingerprint density at radius 1 is 1.45 bits per heavy atom. The summed E-state index contributed by atoms with van der Waals surface area (Å²) in [6, 6.07) is 3.97. The molecular weight excluding hydrogens is 317 g/mol. The highest BCUT2D eigenvalue weighted by atomic mass is 35.5. The third kappa shape index (κ3) is 5.48. The second kappa shape index (κ2) is 9.45. The highest BCUT2D eigenvalue weighted by molar-refractivity contribution is 7.98. The van der Waals surface area contributed by atoms with Gasteiger partial charge >= 0.3 is 0 Å². The number of halogens is 2. The van der Waals surface area contributed by atoms with E-state index >= 15 is 0 Å². The minimum absolute atomic E-state index is 0. The highest BCUT2D eigenvalue weighted by Gasteiger charge is 2.26.